The molecule has 0 radical (unpaired) electrons. The molecule has 0 bridgehead atoms. The Balaban J connectivity index is 1.79. The maximum Gasteiger partial charge on any atom is 0.0205 e. The van der Waals surface area contributed by atoms with Gasteiger partial charge in [0.05, 0.1) is 0 Å². The molecule has 0 atom stereocenters. The van der Waals surface area contributed by atoms with Crippen molar-refractivity contribution < 1.29 is 0 Å². The summed E-state index contributed by atoms with van der Waals surface area (Å²) in [4.78, 5) is 0. The van der Waals surface area contributed by atoms with Crippen molar-refractivity contribution in [2.45, 2.75) is 39.7 Å². The Hall–Kier alpha value is -0.820. The first-order chi connectivity index (χ1) is 7.25. The van der Waals surface area contributed by atoms with E-state index in [0.29, 0.717) is 0 Å². The Morgan fingerprint density at radius 3 is 2.60 bits per heavy atom. The van der Waals surface area contributed by atoms with Crippen LogP contribution < -0.4 is 5.32 Å². The van der Waals surface area contributed by atoms with Crippen molar-refractivity contribution in [3.05, 3.63) is 34.9 Å². The fourth-order valence-electron chi connectivity index (χ4n) is 2.03. The minimum Gasteiger partial charge on any atom is -0.312 e. The predicted molar refractivity (Wildman–Crippen MR) is 65.0 cm³/mol. The molecule has 0 aromatic heterocycles. The number of hydrogen-bond donors (Lipinski definition) is 1. The van der Waals surface area contributed by atoms with Gasteiger partial charge in [0.15, 0.2) is 0 Å². The van der Waals surface area contributed by atoms with Gasteiger partial charge in [-0.15, -0.1) is 0 Å². The van der Waals surface area contributed by atoms with Gasteiger partial charge < -0.3 is 5.32 Å². The first-order valence-electron chi connectivity index (χ1n) is 6.02. The second-order valence-corrected chi connectivity index (χ2v) is 4.85. The third kappa shape index (κ3) is 2.82. The standard InChI is InChI=1S/C14H21N/c1-11-6-7-14(8-12(11)2)10-15-9-13-4-3-5-13/h6-8,13,15H,3-5,9-10H2,1-2H3. The number of benzene rings is 1. The topological polar surface area (TPSA) is 12.0 Å². The monoisotopic (exact) mass is 203 g/mol. The maximum atomic E-state index is 3.55. The molecule has 0 unspecified atom stereocenters. The van der Waals surface area contributed by atoms with Crippen LogP contribution >= 0.6 is 0 Å². The summed E-state index contributed by atoms with van der Waals surface area (Å²) < 4.78 is 0. The molecule has 1 aliphatic rings. The van der Waals surface area contributed by atoms with Gasteiger partial charge in [-0.05, 0) is 55.8 Å². The molecule has 1 fully saturated rings. The number of aryl methyl sites for hydroxylation is 2. The van der Waals surface area contributed by atoms with E-state index >= 15 is 0 Å². The molecule has 0 aliphatic heterocycles. The van der Waals surface area contributed by atoms with E-state index in [1.54, 1.807) is 0 Å². The van der Waals surface area contributed by atoms with E-state index in [2.05, 4.69) is 37.4 Å². The van der Waals surface area contributed by atoms with Gasteiger partial charge in [-0.1, -0.05) is 24.6 Å². The molecule has 2 rings (SSSR count). The zero-order chi connectivity index (χ0) is 10.7. The average molecular weight is 203 g/mol. The molecule has 1 heteroatoms. The van der Waals surface area contributed by atoms with Crippen molar-refractivity contribution in [2.75, 3.05) is 6.54 Å². The molecule has 1 nitrogen and oxygen atoms in total. The molecule has 1 aromatic rings. The predicted octanol–water partition coefficient (Wildman–Crippen LogP) is 3.19. The van der Waals surface area contributed by atoms with Gasteiger partial charge in [0, 0.05) is 6.54 Å². The zero-order valence-corrected chi connectivity index (χ0v) is 9.84. The van der Waals surface area contributed by atoms with E-state index in [1.807, 2.05) is 0 Å². The summed E-state index contributed by atoms with van der Waals surface area (Å²) in [6.07, 6.45) is 4.30. The van der Waals surface area contributed by atoms with Crippen LogP contribution in [0.3, 0.4) is 0 Å². The summed E-state index contributed by atoms with van der Waals surface area (Å²) in [5.41, 5.74) is 4.20. The quantitative estimate of drug-likeness (QED) is 0.792. The molecule has 0 spiro atoms. The van der Waals surface area contributed by atoms with Gasteiger partial charge in [0.2, 0.25) is 0 Å². The molecule has 0 saturated heterocycles. The number of nitrogens with one attached hydrogen (secondary N) is 1. The van der Waals surface area contributed by atoms with Crippen LogP contribution in [0.2, 0.25) is 0 Å². The minimum absolute atomic E-state index is 0.955. The molecule has 0 heterocycles. The molecule has 1 N–H and O–H groups in total. The molecule has 0 amide bonds. The first-order valence-corrected chi connectivity index (χ1v) is 6.02. The molecular weight excluding hydrogens is 182 g/mol. The van der Waals surface area contributed by atoms with Crippen LogP contribution in [0, 0.1) is 19.8 Å². The molecule has 15 heavy (non-hydrogen) atoms. The van der Waals surface area contributed by atoms with Crippen molar-refractivity contribution in [1.29, 1.82) is 0 Å². The highest BCUT2D eigenvalue weighted by Gasteiger charge is 2.16. The highest BCUT2D eigenvalue weighted by Crippen LogP contribution is 2.25. The summed E-state index contributed by atoms with van der Waals surface area (Å²) in [5, 5.41) is 3.55. The third-order valence-corrected chi connectivity index (χ3v) is 3.56. The summed E-state index contributed by atoms with van der Waals surface area (Å²) in [6.45, 7) is 6.58. The highest BCUT2D eigenvalue weighted by molar-refractivity contribution is 5.29. The largest absolute Gasteiger partial charge is 0.312 e. The molecule has 1 saturated carbocycles. The van der Waals surface area contributed by atoms with Gasteiger partial charge in [0.1, 0.15) is 0 Å². The maximum absolute atomic E-state index is 3.55. The summed E-state index contributed by atoms with van der Waals surface area (Å²) in [6, 6.07) is 6.74. The second-order valence-electron chi connectivity index (χ2n) is 4.85. The molecule has 1 aliphatic carbocycles. The SMILES string of the molecule is Cc1ccc(CNCC2CCC2)cc1C. The second kappa shape index (κ2) is 4.80. The smallest absolute Gasteiger partial charge is 0.0205 e. The van der Waals surface area contributed by atoms with E-state index < -0.39 is 0 Å². The minimum atomic E-state index is 0.955. The molecule has 1 aromatic carbocycles. The van der Waals surface area contributed by atoms with E-state index in [-0.39, 0.29) is 0 Å². The van der Waals surface area contributed by atoms with Crippen LogP contribution in [-0.2, 0) is 6.54 Å². The summed E-state index contributed by atoms with van der Waals surface area (Å²) >= 11 is 0. The lowest BCUT2D eigenvalue weighted by Crippen LogP contribution is -2.26. The Morgan fingerprint density at radius 1 is 1.20 bits per heavy atom. The van der Waals surface area contributed by atoms with Crippen molar-refractivity contribution in [3.8, 4) is 0 Å². The summed E-state index contributed by atoms with van der Waals surface area (Å²) in [7, 11) is 0. The van der Waals surface area contributed by atoms with Crippen LogP contribution in [0.4, 0.5) is 0 Å². The van der Waals surface area contributed by atoms with Gasteiger partial charge in [-0.25, -0.2) is 0 Å². The van der Waals surface area contributed by atoms with Crippen LogP contribution in [0.25, 0.3) is 0 Å². The Morgan fingerprint density at radius 2 is 2.00 bits per heavy atom. The summed E-state index contributed by atoms with van der Waals surface area (Å²) in [5.74, 6) is 0.955. The zero-order valence-electron chi connectivity index (χ0n) is 9.84. The fraction of sp³-hybridized carbons (Fsp3) is 0.571. The lowest BCUT2D eigenvalue weighted by atomic mass is 9.85. The van der Waals surface area contributed by atoms with Crippen LogP contribution in [-0.4, -0.2) is 6.54 Å². The van der Waals surface area contributed by atoms with Crippen molar-refractivity contribution >= 4 is 0 Å². The van der Waals surface area contributed by atoms with E-state index in [9.17, 15) is 0 Å². The number of rotatable bonds is 4. The van der Waals surface area contributed by atoms with Crippen molar-refractivity contribution in [1.82, 2.24) is 5.32 Å². The van der Waals surface area contributed by atoms with Crippen LogP contribution in [0.15, 0.2) is 18.2 Å². The first kappa shape index (κ1) is 10.7. The molecule has 82 valence electrons. The highest BCUT2D eigenvalue weighted by atomic mass is 14.9. The fourth-order valence-corrected chi connectivity index (χ4v) is 2.03. The van der Waals surface area contributed by atoms with Gasteiger partial charge >= 0.3 is 0 Å². The average Bonchev–Trinajstić information content (AvgIpc) is 2.15. The normalized spacial score (nSPS) is 16.4. The van der Waals surface area contributed by atoms with Gasteiger partial charge in [0.25, 0.3) is 0 Å². The lowest BCUT2D eigenvalue weighted by molar-refractivity contribution is 0.301. The lowest BCUT2D eigenvalue weighted by Gasteiger charge is -2.25. The third-order valence-electron chi connectivity index (χ3n) is 3.56. The van der Waals surface area contributed by atoms with Crippen LogP contribution in [0.5, 0.6) is 0 Å². The van der Waals surface area contributed by atoms with E-state index in [4.69, 9.17) is 0 Å². The van der Waals surface area contributed by atoms with Crippen molar-refractivity contribution in [2.24, 2.45) is 5.92 Å². The van der Waals surface area contributed by atoms with E-state index in [0.717, 1.165) is 12.5 Å². The molecular formula is C14H21N. The van der Waals surface area contributed by atoms with Crippen LogP contribution in [0.1, 0.15) is 36.0 Å². The number of hydrogen-bond acceptors (Lipinski definition) is 1. The van der Waals surface area contributed by atoms with Gasteiger partial charge in [-0.2, -0.15) is 0 Å². The Labute approximate surface area is 92.9 Å². The Kier molecular flexibility index (Phi) is 3.42. The van der Waals surface area contributed by atoms with Crippen molar-refractivity contribution in [3.63, 3.8) is 0 Å². The van der Waals surface area contributed by atoms with E-state index in [1.165, 1.54) is 42.5 Å². The van der Waals surface area contributed by atoms with Gasteiger partial charge in [-0.3, -0.25) is 0 Å². The Bertz CT molecular complexity index is 326.